The van der Waals surface area contributed by atoms with Gasteiger partial charge in [0.05, 0.1) is 6.04 Å². The molecule has 0 aliphatic carbocycles. The van der Waals surface area contributed by atoms with Crippen LogP contribution in [0.15, 0.2) is 60.0 Å². The van der Waals surface area contributed by atoms with Crippen LogP contribution >= 0.6 is 11.3 Å². The van der Waals surface area contributed by atoms with Crippen LogP contribution in [0.3, 0.4) is 0 Å². The number of thiophene rings is 1. The van der Waals surface area contributed by atoms with Crippen molar-refractivity contribution in [2.75, 3.05) is 11.9 Å². The summed E-state index contributed by atoms with van der Waals surface area (Å²) in [5, 5.41) is 7.50. The molecule has 1 aliphatic heterocycles. The molecular formula is C21H22N2OS. The first-order valence-electron chi connectivity index (χ1n) is 8.82. The van der Waals surface area contributed by atoms with Gasteiger partial charge in [-0.2, -0.15) is 0 Å². The normalized spacial score (nSPS) is 19.2. The molecule has 1 amide bonds. The number of carbonyl (C=O) groups is 1. The minimum absolute atomic E-state index is 0.0693. The molecule has 2 aromatic carbocycles. The molecule has 3 nitrogen and oxygen atoms in total. The highest BCUT2D eigenvalue weighted by atomic mass is 32.1. The molecule has 25 heavy (non-hydrogen) atoms. The van der Waals surface area contributed by atoms with Gasteiger partial charge in [-0.3, -0.25) is 9.69 Å². The number of amides is 1. The van der Waals surface area contributed by atoms with Crippen LogP contribution in [-0.4, -0.2) is 23.4 Å². The van der Waals surface area contributed by atoms with E-state index in [4.69, 9.17) is 0 Å². The molecule has 0 unspecified atom stereocenters. The molecule has 1 fully saturated rings. The first-order chi connectivity index (χ1) is 12.2. The Balaban J connectivity index is 1.54. The van der Waals surface area contributed by atoms with E-state index in [9.17, 15) is 4.79 Å². The van der Waals surface area contributed by atoms with Gasteiger partial charge in [-0.1, -0.05) is 42.5 Å². The predicted molar refractivity (Wildman–Crippen MR) is 105 cm³/mol. The second-order valence-corrected chi connectivity index (χ2v) is 7.58. The van der Waals surface area contributed by atoms with E-state index >= 15 is 0 Å². The average molecular weight is 350 g/mol. The summed E-state index contributed by atoms with van der Waals surface area (Å²) in [7, 11) is 0. The Morgan fingerprint density at radius 1 is 1.16 bits per heavy atom. The van der Waals surface area contributed by atoms with Crippen molar-refractivity contribution in [2.24, 2.45) is 0 Å². The van der Waals surface area contributed by atoms with Crippen LogP contribution in [0.4, 0.5) is 5.69 Å². The fourth-order valence-corrected chi connectivity index (χ4v) is 4.64. The summed E-state index contributed by atoms with van der Waals surface area (Å²) >= 11 is 1.79. The minimum Gasteiger partial charge on any atom is -0.324 e. The first kappa shape index (κ1) is 16.3. The molecule has 2 atom stereocenters. The maximum absolute atomic E-state index is 12.9. The summed E-state index contributed by atoms with van der Waals surface area (Å²) in [6, 6.07) is 18.7. The highest BCUT2D eigenvalue weighted by Gasteiger charge is 2.33. The Morgan fingerprint density at radius 2 is 2.00 bits per heavy atom. The lowest BCUT2D eigenvalue weighted by Crippen LogP contribution is -2.41. The summed E-state index contributed by atoms with van der Waals surface area (Å²) in [6.07, 6.45) is 2.28. The second-order valence-electron chi connectivity index (χ2n) is 6.60. The van der Waals surface area contributed by atoms with Crippen molar-refractivity contribution in [3.8, 4) is 0 Å². The number of nitrogens with zero attached hydrogens (tertiary/aromatic N) is 1. The Morgan fingerprint density at radius 3 is 2.84 bits per heavy atom. The molecule has 128 valence electrons. The fraction of sp³-hybridized carbons (Fsp3) is 0.286. The smallest absolute Gasteiger partial charge is 0.241 e. The standard InChI is InChI=1S/C21H22N2OS/c1-15(23-13-5-11-19(23)20-12-6-14-25-20)21(24)22-18-10-4-8-16-7-2-3-9-17(16)18/h2-4,6-10,12,14-15,19H,5,11,13H2,1H3,(H,22,24)/t15-,19-/m1/s1. The van der Waals surface area contributed by atoms with E-state index in [0.717, 1.165) is 35.8 Å². The van der Waals surface area contributed by atoms with E-state index in [0.29, 0.717) is 6.04 Å². The fourth-order valence-electron chi connectivity index (χ4n) is 3.76. The quantitative estimate of drug-likeness (QED) is 0.713. The summed E-state index contributed by atoms with van der Waals surface area (Å²) < 4.78 is 0. The Labute approximate surface area is 152 Å². The maximum Gasteiger partial charge on any atom is 0.241 e. The van der Waals surface area contributed by atoms with Crippen LogP contribution in [0.2, 0.25) is 0 Å². The third-order valence-corrected chi connectivity index (χ3v) is 6.06. The van der Waals surface area contributed by atoms with Crippen molar-refractivity contribution in [1.29, 1.82) is 0 Å². The van der Waals surface area contributed by atoms with Crippen molar-refractivity contribution in [2.45, 2.75) is 31.8 Å². The van der Waals surface area contributed by atoms with Crippen LogP contribution in [-0.2, 0) is 4.79 Å². The molecule has 1 N–H and O–H groups in total. The van der Waals surface area contributed by atoms with Gasteiger partial charge in [-0.05, 0) is 49.2 Å². The van der Waals surface area contributed by atoms with Gasteiger partial charge >= 0.3 is 0 Å². The molecule has 1 saturated heterocycles. The summed E-state index contributed by atoms with van der Waals surface area (Å²) in [6.45, 7) is 3.00. The zero-order valence-corrected chi connectivity index (χ0v) is 15.1. The molecule has 1 aromatic heterocycles. The molecule has 3 aromatic rings. The van der Waals surface area contributed by atoms with Crippen LogP contribution < -0.4 is 5.32 Å². The molecule has 0 bridgehead atoms. The van der Waals surface area contributed by atoms with Crippen molar-refractivity contribution < 1.29 is 4.79 Å². The van der Waals surface area contributed by atoms with Gasteiger partial charge in [0.15, 0.2) is 0 Å². The van der Waals surface area contributed by atoms with Crippen molar-refractivity contribution in [3.05, 3.63) is 64.9 Å². The number of hydrogen-bond donors (Lipinski definition) is 1. The van der Waals surface area contributed by atoms with E-state index in [2.05, 4.69) is 45.9 Å². The van der Waals surface area contributed by atoms with Gasteiger partial charge in [-0.25, -0.2) is 0 Å². The van der Waals surface area contributed by atoms with Crippen molar-refractivity contribution in [1.82, 2.24) is 4.90 Å². The molecular weight excluding hydrogens is 328 g/mol. The maximum atomic E-state index is 12.9. The van der Waals surface area contributed by atoms with Crippen molar-refractivity contribution >= 4 is 33.7 Å². The number of hydrogen-bond acceptors (Lipinski definition) is 3. The third kappa shape index (κ3) is 3.20. The van der Waals surface area contributed by atoms with E-state index in [1.165, 1.54) is 4.88 Å². The largest absolute Gasteiger partial charge is 0.324 e. The number of nitrogens with one attached hydrogen (secondary N) is 1. The molecule has 0 saturated carbocycles. The van der Waals surface area contributed by atoms with Crippen LogP contribution in [0.25, 0.3) is 10.8 Å². The number of anilines is 1. The van der Waals surface area contributed by atoms with Crippen LogP contribution in [0.5, 0.6) is 0 Å². The van der Waals surface area contributed by atoms with Crippen LogP contribution in [0, 0.1) is 0 Å². The summed E-state index contributed by atoms with van der Waals surface area (Å²) in [5.74, 6) is 0.0693. The van der Waals surface area contributed by atoms with Gasteiger partial charge < -0.3 is 5.32 Å². The highest BCUT2D eigenvalue weighted by molar-refractivity contribution is 7.10. The topological polar surface area (TPSA) is 32.3 Å². The molecule has 4 heteroatoms. The van der Waals surface area contributed by atoms with E-state index in [1.807, 2.05) is 31.2 Å². The summed E-state index contributed by atoms with van der Waals surface area (Å²) in [4.78, 5) is 16.6. The Hall–Kier alpha value is -2.17. The monoisotopic (exact) mass is 350 g/mol. The Kier molecular flexibility index (Phi) is 4.55. The number of fused-ring (bicyclic) bond motifs is 1. The lowest BCUT2D eigenvalue weighted by Gasteiger charge is -2.29. The van der Waals surface area contributed by atoms with Gasteiger partial charge in [-0.15, -0.1) is 11.3 Å². The van der Waals surface area contributed by atoms with Gasteiger partial charge in [0.25, 0.3) is 0 Å². The van der Waals surface area contributed by atoms with E-state index in [-0.39, 0.29) is 11.9 Å². The average Bonchev–Trinajstić information content (AvgIpc) is 3.32. The lowest BCUT2D eigenvalue weighted by atomic mass is 10.1. The van der Waals surface area contributed by atoms with E-state index < -0.39 is 0 Å². The highest BCUT2D eigenvalue weighted by Crippen LogP contribution is 2.36. The van der Waals surface area contributed by atoms with Gasteiger partial charge in [0.2, 0.25) is 5.91 Å². The van der Waals surface area contributed by atoms with E-state index in [1.54, 1.807) is 11.3 Å². The zero-order chi connectivity index (χ0) is 17.2. The third-order valence-electron chi connectivity index (χ3n) is 5.09. The van der Waals surface area contributed by atoms with Gasteiger partial charge in [0.1, 0.15) is 0 Å². The Bertz CT molecular complexity index is 869. The van der Waals surface area contributed by atoms with Crippen molar-refractivity contribution in [3.63, 3.8) is 0 Å². The number of rotatable bonds is 4. The molecule has 2 heterocycles. The second kappa shape index (κ2) is 6.98. The lowest BCUT2D eigenvalue weighted by molar-refractivity contribution is -0.121. The molecule has 0 spiro atoms. The number of likely N-dealkylation sites (tertiary alicyclic amines) is 1. The van der Waals surface area contributed by atoms with Crippen LogP contribution in [0.1, 0.15) is 30.7 Å². The number of benzene rings is 2. The summed E-state index contributed by atoms with van der Waals surface area (Å²) in [5.41, 5.74) is 0.891. The zero-order valence-electron chi connectivity index (χ0n) is 14.3. The SMILES string of the molecule is C[C@H](C(=O)Nc1cccc2ccccc12)N1CCC[C@@H]1c1cccs1. The number of carbonyl (C=O) groups excluding carboxylic acids is 1. The molecule has 4 rings (SSSR count). The molecule has 0 radical (unpaired) electrons. The molecule has 1 aliphatic rings. The van der Waals surface area contributed by atoms with Gasteiger partial charge in [0, 0.05) is 22.0 Å². The minimum atomic E-state index is -0.145. The predicted octanol–water partition coefficient (Wildman–Crippen LogP) is 5.07. The first-order valence-corrected chi connectivity index (χ1v) is 9.70.